The average Bonchev–Trinajstić information content (AvgIpc) is 2.77. The molecule has 0 fully saturated rings. The second-order valence-electron chi connectivity index (χ2n) is 4.86. The van der Waals surface area contributed by atoms with E-state index in [2.05, 4.69) is 4.98 Å². The van der Waals surface area contributed by atoms with E-state index in [4.69, 9.17) is 0 Å². The molecule has 0 radical (unpaired) electrons. The first-order valence-corrected chi connectivity index (χ1v) is 8.76. The van der Waals surface area contributed by atoms with Gasteiger partial charge in [-0.2, -0.15) is 4.31 Å². The molecular weight excluding hydrogens is 292 g/mol. The van der Waals surface area contributed by atoms with Crippen molar-refractivity contribution in [1.29, 1.82) is 0 Å². The highest BCUT2D eigenvalue weighted by molar-refractivity contribution is 7.88. The molecule has 108 valence electrons. The maximum absolute atomic E-state index is 12.3. The van der Waals surface area contributed by atoms with Crippen molar-refractivity contribution in [2.24, 2.45) is 0 Å². The first-order chi connectivity index (χ1) is 9.37. The van der Waals surface area contributed by atoms with Crippen molar-refractivity contribution >= 4 is 21.4 Å². The second-order valence-corrected chi connectivity index (χ2v) is 7.99. The minimum atomic E-state index is -3.32. The van der Waals surface area contributed by atoms with Gasteiger partial charge in [-0.25, -0.2) is 13.4 Å². The first-order valence-electron chi connectivity index (χ1n) is 6.27. The van der Waals surface area contributed by atoms with Gasteiger partial charge >= 0.3 is 0 Å². The van der Waals surface area contributed by atoms with Crippen LogP contribution in [0.3, 0.4) is 0 Å². The normalized spacial score (nSPS) is 12.0. The fourth-order valence-corrected chi connectivity index (χ4v) is 3.58. The van der Waals surface area contributed by atoms with Crippen LogP contribution in [-0.4, -0.2) is 24.8 Å². The van der Waals surface area contributed by atoms with Crippen LogP contribution in [0.15, 0.2) is 29.6 Å². The lowest BCUT2D eigenvalue weighted by Gasteiger charge is -2.16. The number of benzene rings is 1. The monoisotopic (exact) mass is 310 g/mol. The predicted octanol–water partition coefficient (Wildman–Crippen LogP) is 2.72. The number of hydrogen-bond acceptors (Lipinski definition) is 4. The van der Waals surface area contributed by atoms with Crippen LogP contribution in [-0.2, 0) is 22.3 Å². The summed E-state index contributed by atoms with van der Waals surface area (Å²) in [5.74, 6) is 0.0207. The summed E-state index contributed by atoms with van der Waals surface area (Å²) in [6.07, 6.45) is 0. The SMILES string of the molecule is Cc1ccc(CS(=O)(=O)N(C)Cc2csc(C)n2)cc1. The van der Waals surface area contributed by atoms with E-state index in [0.29, 0.717) is 6.54 Å². The van der Waals surface area contributed by atoms with Crippen LogP contribution in [0.25, 0.3) is 0 Å². The fourth-order valence-electron chi connectivity index (χ4n) is 1.81. The Morgan fingerprint density at radius 1 is 1.20 bits per heavy atom. The van der Waals surface area contributed by atoms with Crippen molar-refractivity contribution in [1.82, 2.24) is 9.29 Å². The highest BCUT2D eigenvalue weighted by Gasteiger charge is 2.19. The van der Waals surface area contributed by atoms with E-state index in [1.165, 1.54) is 15.6 Å². The topological polar surface area (TPSA) is 50.3 Å². The molecule has 1 heterocycles. The number of sulfonamides is 1. The van der Waals surface area contributed by atoms with Gasteiger partial charge < -0.3 is 0 Å². The molecule has 2 aromatic rings. The van der Waals surface area contributed by atoms with E-state index in [9.17, 15) is 8.42 Å². The average molecular weight is 310 g/mol. The molecule has 0 atom stereocenters. The zero-order valence-corrected chi connectivity index (χ0v) is 13.5. The van der Waals surface area contributed by atoms with Gasteiger partial charge in [-0.15, -0.1) is 11.3 Å². The van der Waals surface area contributed by atoms with Gasteiger partial charge in [0, 0.05) is 12.4 Å². The van der Waals surface area contributed by atoms with Gasteiger partial charge in [0.25, 0.3) is 0 Å². The molecule has 0 unspecified atom stereocenters. The van der Waals surface area contributed by atoms with Crippen LogP contribution in [0.5, 0.6) is 0 Å². The lowest BCUT2D eigenvalue weighted by Crippen LogP contribution is -2.27. The highest BCUT2D eigenvalue weighted by atomic mass is 32.2. The third-order valence-electron chi connectivity index (χ3n) is 3.00. The summed E-state index contributed by atoms with van der Waals surface area (Å²) in [5.41, 5.74) is 2.72. The Morgan fingerprint density at radius 3 is 2.40 bits per heavy atom. The summed E-state index contributed by atoms with van der Waals surface area (Å²) in [6, 6.07) is 7.56. The Kier molecular flexibility index (Phi) is 4.57. The van der Waals surface area contributed by atoms with E-state index in [1.807, 2.05) is 43.5 Å². The molecule has 0 bridgehead atoms. The Balaban J connectivity index is 2.07. The van der Waals surface area contributed by atoms with E-state index in [1.54, 1.807) is 7.05 Å². The van der Waals surface area contributed by atoms with Crippen LogP contribution in [0, 0.1) is 13.8 Å². The van der Waals surface area contributed by atoms with Crippen molar-refractivity contribution in [2.45, 2.75) is 26.1 Å². The summed E-state index contributed by atoms with van der Waals surface area (Å²) in [7, 11) is -1.72. The predicted molar refractivity (Wildman–Crippen MR) is 82.1 cm³/mol. The van der Waals surface area contributed by atoms with E-state index >= 15 is 0 Å². The number of aromatic nitrogens is 1. The molecule has 0 saturated heterocycles. The highest BCUT2D eigenvalue weighted by Crippen LogP contribution is 2.15. The summed E-state index contributed by atoms with van der Waals surface area (Å²) in [6.45, 7) is 4.21. The molecule has 0 aliphatic carbocycles. The zero-order chi connectivity index (χ0) is 14.8. The molecule has 0 saturated carbocycles. The van der Waals surface area contributed by atoms with Crippen molar-refractivity contribution < 1.29 is 8.42 Å². The standard InChI is InChI=1S/C14H18N2O2S2/c1-11-4-6-13(7-5-11)10-20(17,18)16(3)8-14-9-19-12(2)15-14/h4-7,9H,8,10H2,1-3H3. The van der Waals surface area contributed by atoms with E-state index < -0.39 is 10.0 Å². The molecule has 0 N–H and O–H groups in total. The summed E-state index contributed by atoms with van der Waals surface area (Å²) < 4.78 is 26.0. The number of rotatable bonds is 5. The molecule has 0 aliphatic rings. The molecule has 1 aromatic heterocycles. The fraction of sp³-hybridized carbons (Fsp3) is 0.357. The molecule has 0 amide bonds. The van der Waals surface area contributed by atoms with Crippen molar-refractivity contribution in [3.8, 4) is 0 Å². The number of aryl methyl sites for hydroxylation is 2. The summed E-state index contributed by atoms with van der Waals surface area (Å²) >= 11 is 1.53. The molecule has 2 rings (SSSR count). The van der Waals surface area contributed by atoms with Crippen LogP contribution < -0.4 is 0 Å². The van der Waals surface area contributed by atoms with Crippen LogP contribution in [0.1, 0.15) is 21.8 Å². The van der Waals surface area contributed by atoms with Gasteiger partial charge in [0.15, 0.2) is 0 Å². The molecule has 6 heteroatoms. The van der Waals surface area contributed by atoms with Gasteiger partial charge in [-0.05, 0) is 19.4 Å². The van der Waals surface area contributed by atoms with Gasteiger partial charge in [0.05, 0.1) is 23.0 Å². The summed E-state index contributed by atoms with van der Waals surface area (Å²) in [4.78, 5) is 4.30. The smallest absolute Gasteiger partial charge is 0.218 e. The Labute approximate surface area is 124 Å². The second kappa shape index (κ2) is 6.03. The number of nitrogens with zero attached hydrogens (tertiary/aromatic N) is 2. The van der Waals surface area contributed by atoms with Crippen LogP contribution in [0.2, 0.25) is 0 Å². The number of hydrogen-bond donors (Lipinski definition) is 0. The molecular formula is C14H18N2O2S2. The minimum absolute atomic E-state index is 0.0207. The Hall–Kier alpha value is -1.24. The van der Waals surface area contributed by atoms with Gasteiger partial charge in [0.2, 0.25) is 10.0 Å². The molecule has 0 aliphatic heterocycles. The lowest BCUT2D eigenvalue weighted by atomic mass is 10.2. The zero-order valence-electron chi connectivity index (χ0n) is 11.8. The molecule has 1 aromatic carbocycles. The lowest BCUT2D eigenvalue weighted by molar-refractivity contribution is 0.462. The molecule has 20 heavy (non-hydrogen) atoms. The van der Waals surface area contributed by atoms with Gasteiger partial charge in [-0.1, -0.05) is 29.8 Å². The third kappa shape index (κ3) is 3.88. The molecule has 0 spiro atoms. The maximum atomic E-state index is 12.3. The Bertz CT molecular complexity index is 675. The van der Waals surface area contributed by atoms with Crippen molar-refractivity contribution in [2.75, 3.05) is 7.05 Å². The van der Waals surface area contributed by atoms with Crippen molar-refractivity contribution in [3.05, 3.63) is 51.5 Å². The van der Waals surface area contributed by atoms with Crippen LogP contribution in [0.4, 0.5) is 0 Å². The minimum Gasteiger partial charge on any atom is -0.245 e. The van der Waals surface area contributed by atoms with Crippen molar-refractivity contribution in [3.63, 3.8) is 0 Å². The van der Waals surface area contributed by atoms with E-state index in [-0.39, 0.29) is 5.75 Å². The van der Waals surface area contributed by atoms with Gasteiger partial charge in [-0.3, -0.25) is 0 Å². The third-order valence-corrected chi connectivity index (χ3v) is 5.60. The number of thiazole rings is 1. The Morgan fingerprint density at radius 2 is 1.85 bits per heavy atom. The largest absolute Gasteiger partial charge is 0.245 e. The maximum Gasteiger partial charge on any atom is 0.218 e. The van der Waals surface area contributed by atoms with Gasteiger partial charge in [0.1, 0.15) is 0 Å². The molecule has 4 nitrogen and oxygen atoms in total. The van der Waals surface area contributed by atoms with Crippen LogP contribution >= 0.6 is 11.3 Å². The van der Waals surface area contributed by atoms with E-state index in [0.717, 1.165) is 21.8 Å². The summed E-state index contributed by atoms with van der Waals surface area (Å²) in [5, 5.41) is 2.84. The first kappa shape index (κ1) is 15.2. The quantitative estimate of drug-likeness (QED) is 0.853.